The zero-order valence-electron chi connectivity index (χ0n) is 14.4. The molecule has 2 aromatic carbocycles. The molecular weight excluding hydrogens is 310 g/mol. The fourth-order valence-electron chi connectivity index (χ4n) is 2.64. The van der Waals surface area contributed by atoms with Crippen molar-refractivity contribution in [1.29, 1.82) is 0 Å². The van der Waals surface area contributed by atoms with Gasteiger partial charge in [0.25, 0.3) is 5.91 Å². The molecule has 1 aromatic heterocycles. The molecule has 2 N–H and O–H groups in total. The minimum atomic E-state index is -0.221. The molecule has 126 valence electrons. The first-order valence-corrected chi connectivity index (χ1v) is 8.27. The highest BCUT2D eigenvalue weighted by Crippen LogP contribution is 2.19. The molecule has 0 saturated carbocycles. The fraction of sp³-hybridized carbons (Fsp3) is 0.143. The summed E-state index contributed by atoms with van der Waals surface area (Å²) in [7, 11) is 0. The Morgan fingerprint density at radius 2 is 1.76 bits per heavy atom. The van der Waals surface area contributed by atoms with E-state index in [1.807, 2.05) is 55.5 Å². The van der Waals surface area contributed by atoms with E-state index in [2.05, 4.69) is 34.7 Å². The van der Waals surface area contributed by atoms with Crippen LogP contribution in [0.25, 0.3) is 0 Å². The molecule has 0 aliphatic carbocycles. The van der Waals surface area contributed by atoms with Gasteiger partial charge in [0.05, 0.1) is 0 Å². The maximum absolute atomic E-state index is 12.4. The highest BCUT2D eigenvalue weighted by atomic mass is 16.1. The Bertz CT molecular complexity index is 862. The SMILES string of the molecule is Cc1cccc(NC(=O)c2cc(NC(C)c3ccccc3)ccn2)c1. The molecule has 4 nitrogen and oxygen atoms in total. The van der Waals surface area contributed by atoms with Crippen LogP contribution in [0.15, 0.2) is 72.9 Å². The van der Waals surface area contributed by atoms with Crippen LogP contribution in [-0.2, 0) is 0 Å². The molecule has 0 radical (unpaired) electrons. The first kappa shape index (κ1) is 16.7. The lowest BCUT2D eigenvalue weighted by Crippen LogP contribution is -2.14. The zero-order chi connectivity index (χ0) is 17.6. The topological polar surface area (TPSA) is 54.0 Å². The number of hydrogen-bond acceptors (Lipinski definition) is 3. The summed E-state index contributed by atoms with van der Waals surface area (Å²) in [5, 5.41) is 6.29. The number of pyridine rings is 1. The second-order valence-corrected chi connectivity index (χ2v) is 6.03. The van der Waals surface area contributed by atoms with E-state index in [0.29, 0.717) is 5.69 Å². The minimum absolute atomic E-state index is 0.135. The predicted octanol–water partition coefficient (Wildman–Crippen LogP) is 4.82. The van der Waals surface area contributed by atoms with E-state index in [0.717, 1.165) is 16.9 Å². The molecule has 1 amide bonds. The second-order valence-electron chi connectivity index (χ2n) is 6.03. The molecule has 0 aliphatic rings. The minimum Gasteiger partial charge on any atom is -0.378 e. The highest BCUT2D eigenvalue weighted by Gasteiger charge is 2.10. The molecule has 1 heterocycles. The Balaban J connectivity index is 1.71. The van der Waals surface area contributed by atoms with Gasteiger partial charge >= 0.3 is 0 Å². The highest BCUT2D eigenvalue weighted by molar-refractivity contribution is 6.03. The Kier molecular flexibility index (Phi) is 5.09. The van der Waals surface area contributed by atoms with Gasteiger partial charge < -0.3 is 10.6 Å². The average molecular weight is 331 g/mol. The van der Waals surface area contributed by atoms with Gasteiger partial charge in [0, 0.05) is 23.6 Å². The van der Waals surface area contributed by atoms with Crippen LogP contribution in [0.3, 0.4) is 0 Å². The fourth-order valence-corrected chi connectivity index (χ4v) is 2.64. The largest absolute Gasteiger partial charge is 0.378 e. The summed E-state index contributed by atoms with van der Waals surface area (Å²) in [6.07, 6.45) is 1.64. The quantitative estimate of drug-likeness (QED) is 0.705. The molecule has 0 spiro atoms. The van der Waals surface area contributed by atoms with Gasteiger partial charge in [-0.2, -0.15) is 0 Å². The van der Waals surface area contributed by atoms with Crippen LogP contribution in [0.2, 0.25) is 0 Å². The van der Waals surface area contributed by atoms with Crippen LogP contribution in [0.4, 0.5) is 11.4 Å². The standard InChI is InChI=1S/C21H21N3O/c1-15-7-6-10-18(13-15)24-21(25)20-14-19(11-12-22-20)23-16(2)17-8-4-3-5-9-17/h3-14,16H,1-2H3,(H,22,23)(H,24,25). The third-order valence-electron chi connectivity index (χ3n) is 3.95. The summed E-state index contributed by atoms with van der Waals surface area (Å²) in [6, 6.07) is 21.6. The number of carbonyl (C=O) groups excluding carboxylic acids is 1. The molecule has 1 unspecified atom stereocenters. The molecule has 1 atom stereocenters. The third kappa shape index (κ3) is 4.44. The first-order valence-electron chi connectivity index (χ1n) is 8.27. The van der Waals surface area contributed by atoms with Gasteiger partial charge in [-0.1, -0.05) is 42.5 Å². The molecule has 0 fully saturated rings. The molecular formula is C21H21N3O. The van der Waals surface area contributed by atoms with Gasteiger partial charge in [-0.05, 0) is 49.2 Å². The van der Waals surface area contributed by atoms with Gasteiger partial charge in [0.2, 0.25) is 0 Å². The number of anilines is 2. The van der Waals surface area contributed by atoms with Crippen molar-refractivity contribution in [1.82, 2.24) is 4.98 Å². The lowest BCUT2D eigenvalue weighted by molar-refractivity contribution is 0.102. The van der Waals surface area contributed by atoms with Crippen molar-refractivity contribution >= 4 is 17.3 Å². The number of aromatic nitrogens is 1. The number of nitrogens with zero attached hydrogens (tertiary/aromatic N) is 1. The van der Waals surface area contributed by atoms with Crippen molar-refractivity contribution in [3.05, 3.63) is 89.7 Å². The Hall–Kier alpha value is -3.14. The first-order chi connectivity index (χ1) is 12.1. The van der Waals surface area contributed by atoms with E-state index in [4.69, 9.17) is 0 Å². The number of benzene rings is 2. The second kappa shape index (κ2) is 7.62. The van der Waals surface area contributed by atoms with E-state index in [-0.39, 0.29) is 11.9 Å². The number of amides is 1. The molecule has 4 heteroatoms. The van der Waals surface area contributed by atoms with Crippen LogP contribution in [0.1, 0.15) is 34.6 Å². The smallest absolute Gasteiger partial charge is 0.274 e. The Morgan fingerprint density at radius 1 is 0.960 bits per heavy atom. The van der Waals surface area contributed by atoms with Crippen LogP contribution in [0.5, 0.6) is 0 Å². The van der Waals surface area contributed by atoms with Gasteiger partial charge in [-0.25, -0.2) is 0 Å². The average Bonchev–Trinajstić information content (AvgIpc) is 2.62. The van der Waals surface area contributed by atoms with Crippen LogP contribution in [-0.4, -0.2) is 10.9 Å². The van der Waals surface area contributed by atoms with E-state index >= 15 is 0 Å². The summed E-state index contributed by atoms with van der Waals surface area (Å²) in [5.74, 6) is -0.221. The van der Waals surface area contributed by atoms with Crippen LogP contribution < -0.4 is 10.6 Å². The van der Waals surface area contributed by atoms with E-state index < -0.39 is 0 Å². The van der Waals surface area contributed by atoms with Crippen molar-refractivity contribution in [3.8, 4) is 0 Å². The van der Waals surface area contributed by atoms with E-state index in [1.165, 1.54) is 5.56 Å². The van der Waals surface area contributed by atoms with Crippen molar-refractivity contribution in [2.75, 3.05) is 10.6 Å². The normalized spacial score (nSPS) is 11.6. The van der Waals surface area contributed by atoms with Gasteiger partial charge in [-0.3, -0.25) is 9.78 Å². The Labute approximate surface area is 147 Å². The van der Waals surface area contributed by atoms with Crippen molar-refractivity contribution < 1.29 is 4.79 Å². The van der Waals surface area contributed by atoms with Gasteiger partial charge in [-0.15, -0.1) is 0 Å². The maximum Gasteiger partial charge on any atom is 0.274 e. The molecule has 3 aromatic rings. The monoisotopic (exact) mass is 331 g/mol. The predicted molar refractivity (Wildman–Crippen MR) is 102 cm³/mol. The van der Waals surface area contributed by atoms with Crippen molar-refractivity contribution in [2.24, 2.45) is 0 Å². The summed E-state index contributed by atoms with van der Waals surface area (Å²) >= 11 is 0. The van der Waals surface area contributed by atoms with E-state index in [9.17, 15) is 4.79 Å². The van der Waals surface area contributed by atoms with Crippen LogP contribution >= 0.6 is 0 Å². The third-order valence-corrected chi connectivity index (χ3v) is 3.95. The maximum atomic E-state index is 12.4. The lowest BCUT2D eigenvalue weighted by atomic mass is 10.1. The van der Waals surface area contributed by atoms with Crippen LogP contribution in [0, 0.1) is 6.92 Å². The molecule has 3 rings (SSSR count). The molecule has 0 saturated heterocycles. The summed E-state index contributed by atoms with van der Waals surface area (Å²) in [5.41, 5.74) is 4.29. The number of carbonyl (C=O) groups is 1. The number of nitrogens with one attached hydrogen (secondary N) is 2. The van der Waals surface area contributed by atoms with Gasteiger partial charge in [0.1, 0.15) is 5.69 Å². The Morgan fingerprint density at radius 3 is 2.52 bits per heavy atom. The molecule has 25 heavy (non-hydrogen) atoms. The number of hydrogen-bond donors (Lipinski definition) is 2. The van der Waals surface area contributed by atoms with Crippen molar-refractivity contribution in [2.45, 2.75) is 19.9 Å². The van der Waals surface area contributed by atoms with E-state index in [1.54, 1.807) is 12.3 Å². The summed E-state index contributed by atoms with van der Waals surface area (Å²) in [4.78, 5) is 16.6. The zero-order valence-corrected chi connectivity index (χ0v) is 14.4. The number of aryl methyl sites for hydroxylation is 1. The molecule has 0 aliphatic heterocycles. The van der Waals surface area contributed by atoms with Gasteiger partial charge in [0.15, 0.2) is 0 Å². The van der Waals surface area contributed by atoms with Crippen molar-refractivity contribution in [3.63, 3.8) is 0 Å². The lowest BCUT2D eigenvalue weighted by Gasteiger charge is -2.16. The summed E-state index contributed by atoms with van der Waals surface area (Å²) < 4.78 is 0. The molecule has 0 bridgehead atoms. The number of rotatable bonds is 5. The summed E-state index contributed by atoms with van der Waals surface area (Å²) in [6.45, 7) is 4.08.